The van der Waals surface area contributed by atoms with Gasteiger partial charge in [0, 0.05) is 29.1 Å². The topological polar surface area (TPSA) is 40.2 Å². The summed E-state index contributed by atoms with van der Waals surface area (Å²) in [5.41, 5.74) is 12.7. The summed E-state index contributed by atoms with van der Waals surface area (Å²) in [6.45, 7) is 8.12. The van der Waals surface area contributed by atoms with E-state index >= 15 is 0 Å². The van der Waals surface area contributed by atoms with Crippen molar-refractivity contribution in [1.82, 2.24) is 4.57 Å². The van der Waals surface area contributed by atoms with E-state index in [0.717, 1.165) is 18.7 Å². The lowest BCUT2D eigenvalue weighted by Gasteiger charge is -2.19. The Labute approximate surface area is 150 Å². The summed E-state index contributed by atoms with van der Waals surface area (Å²) in [4.78, 5) is 0. The highest BCUT2D eigenvalue weighted by Crippen LogP contribution is 2.34. The highest BCUT2D eigenvalue weighted by atomic mass is 16.5. The van der Waals surface area contributed by atoms with Crippen molar-refractivity contribution in [3.8, 4) is 5.75 Å². The van der Waals surface area contributed by atoms with Crippen LogP contribution >= 0.6 is 0 Å². The van der Waals surface area contributed by atoms with E-state index in [9.17, 15) is 0 Å². The number of aryl methyl sites for hydroxylation is 2. The number of ether oxygens (including phenoxy) is 1. The Bertz CT molecular complexity index is 879. The molecule has 3 rings (SSSR count). The van der Waals surface area contributed by atoms with Gasteiger partial charge in [0.05, 0.1) is 7.11 Å². The fraction of sp³-hybridized carbons (Fsp3) is 0.364. The lowest BCUT2D eigenvalue weighted by atomic mass is 9.89. The van der Waals surface area contributed by atoms with E-state index in [0.29, 0.717) is 6.54 Å². The van der Waals surface area contributed by atoms with Gasteiger partial charge in [-0.25, -0.2) is 0 Å². The van der Waals surface area contributed by atoms with Crippen LogP contribution in [0, 0.1) is 13.8 Å². The third kappa shape index (κ3) is 3.16. The zero-order valence-electron chi connectivity index (χ0n) is 15.7. The smallest absolute Gasteiger partial charge is 0.122 e. The van der Waals surface area contributed by atoms with Crippen molar-refractivity contribution in [3.05, 3.63) is 64.8 Å². The van der Waals surface area contributed by atoms with Gasteiger partial charge in [0.25, 0.3) is 0 Å². The maximum Gasteiger partial charge on any atom is 0.122 e. The fourth-order valence-corrected chi connectivity index (χ4v) is 3.91. The first-order chi connectivity index (χ1) is 12.1. The predicted molar refractivity (Wildman–Crippen MR) is 106 cm³/mol. The number of para-hydroxylation sites is 1. The van der Waals surface area contributed by atoms with Crippen LogP contribution in [0.5, 0.6) is 5.75 Å². The quantitative estimate of drug-likeness (QED) is 0.716. The van der Waals surface area contributed by atoms with Crippen molar-refractivity contribution in [2.45, 2.75) is 39.7 Å². The van der Waals surface area contributed by atoms with E-state index in [1.807, 2.05) is 0 Å². The molecule has 0 aliphatic heterocycles. The maximum absolute atomic E-state index is 6.20. The molecule has 1 unspecified atom stereocenters. The summed E-state index contributed by atoms with van der Waals surface area (Å²) in [7, 11) is 1.73. The zero-order valence-corrected chi connectivity index (χ0v) is 15.7. The zero-order chi connectivity index (χ0) is 18.0. The van der Waals surface area contributed by atoms with Crippen LogP contribution in [0.1, 0.15) is 35.2 Å². The second-order valence-corrected chi connectivity index (χ2v) is 6.71. The van der Waals surface area contributed by atoms with Gasteiger partial charge in [-0.3, -0.25) is 0 Å². The molecule has 2 N–H and O–H groups in total. The summed E-state index contributed by atoms with van der Waals surface area (Å²) in [5, 5.41) is 1.34. The molecule has 0 spiro atoms. The molecule has 3 nitrogen and oxygen atoms in total. The molecule has 0 saturated heterocycles. The van der Waals surface area contributed by atoms with Gasteiger partial charge in [0.1, 0.15) is 5.75 Å². The van der Waals surface area contributed by atoms with E-state index in [4.69, 9.17) is 10.5 Å². The van der Waals surface area contributed by atoms with Gasteiger partial charge in [0.15, 0.2) is 0 Å². The monoisotopic (exact) mass is 336 g/mol. The molecule has 3 aromatic rings. The first kappa shape index (κ1) is 17.6. The molecular weight excluding hydrogens is 308 g/mol. The van der Waals surface area contributed by atoms with Gasteiger partial charge in [-0.1, -0.05) is 35.9 Å². The predicted octanol–water partition coefficient (Wildman–Crippen LogP) is 4.57. The molecule has 2 aromatic carbocycles. The number of hydrogen-bond acceptors (Lipinski definition) is 2. The highest BCUT2D eigenvalue weighted by molar-refractivity contribution is 5.85. The Morgan fingerprint density at radius 3 is 2.56 bits per heavy atom. The molecular formula is C22H28N2O. The standard InChI is InChI=1S/C22H28N2O/c1-5-24-16(3)19(18-8-6-7-9-21(18)24)13-17(14-23)20-12-15(2)10-11-22(20)25-4/h6-12,17H,5,13-14,23H2,1-4H3. The molecule has 0 aliphatic carbocycles. The molecule has 132 valence electrons. The van der Waals surface area contributed by atoms with Crippen LogP contribution in [0.2, 0.25) is 0 Å². The number of rotatable bonds is 6. The molecule has 0 amide bonds. The second-order valence-electron chi connectivity index (χ2n) is 6.71. The number of fused-ring (bicyclic) bond motifs is 1. The van der Waals surface area contributed by atoms with Crippen LogP contribution in [0.25, 0.3) is 10.9 Å². The Morgan fingerprint density at radius 2 is 1.88 bits per heavy atom. The van der Waals surface area contributed by atoms with Gasteiger partial charge < -0.3 is 15.0 Å². The lowest BCUT2D eigenvalue weighted by Crippen LogP contribution is -2.16. The molecule has 25 heavy (non-hydrogen) atoms. The summed E-state index contributed by atoms with van der Waals surface area (Å²) in [6, 6.07) is 15.0. The van der Waals surface area contributed by atoms with E-state index in [-0.39, 0.29) is 5.92 Å². The van der Waals surface area contributed by atoms with E-state index < -0.39 is 0 Å². The van der Waals surface area contributed by atoms with Crippen LogP contribution in [0.4, 0.5) is 0 Å². The van der Waals surface area contributed by atoms with Crippen LogP contribution in [-0.4, -0.2) is 18.2 Å². The van der Waals surface area contributed by atoms with E-state index in [2.05, 4.69) is 67.8 Å². The molecule has 3 heteroatoms. The molecule has 1 heterocycles. The van der Waals surface area contributed by atoms with Crippen LogP contribution in [0.15, 0.2) is 42.5 Å². The van der Waals surface area contributed by atoms with Gasteiger partial charge in [0.2, 0.25) is 0 Å². The minimum atomic E-state index is 0.240. The van der Waals surface area contributed by atoms with Gasteiger partial charge in [-0.15, -0.1) is 0 Å². The van der Waals surface area contributed by atoms with Gasteiger partial charge >= 0.3 is 0 Å². The SMILES string of the molecule is CCn1c(C)c(CC(CN)c2cc(C)ccc2OC)c2ccccc21. The number of benzene rings is 2. The third-order valence-corrected chi connectivity index (χ3v) is 5.24. The first-order valence-electron chi connectivity index (χ1n) is 9.02. The molecule has 0 aliphatic rings. The summed E-state index contributed by atoms with van der Waals surface area (Å²) in [6.07, 6.45) is 0.926. The minimum Gasteiger partial charge on any atom is -0.496 e. The average molecular weight is 336 g/mol. The molecule has 1 aromatic heterocycles. The van der Waals surface area contributed by atoms with Crippen LogP contribution in [0.3, 0.4) is 0 Å². The fourth-order valence-electron chi connectivity index (χ4n) is 3.91. The lowest BCUT2D eigenvalue weighted by molar-refractivity contribution is 0.405. The largest absolute Gasteiger partial charge is 0.496 e. The van der Waals surface area contributed by atoms with Crippen molar-refractivity contribution in [1.29, 1.82) is 0 Å². The molecule has 1 atom stereocenters. The number of aromatic nitrogens is 1. The molecule has 0 saturated carbocycles. The summed E-state index contributed by atoms with van der Waals surface area (Å²) in [5.74, 6) is 1.17. The van der Waals surface area contributed by atoms with Crippen molar-refractivity contribution in [2.75, 3.05) is 13.7 Å². The van der Waals surface area contributed by atoms with E-state index in [1.54, 1.807) is 7.11 Å². The Balaban J connectivity index is 2.08. The number of hydrogen-bond donors (Lipinski definition) is 1. The van der Waals surface area contributed by atoms with E-state index in [1.165, 1.54) is 33.3 Å². The maximum atomic E-state index is 6.20. The normalized spacial score (nSPS) is 12.5. The first-order valence-corrected chi connectivity index (χ1v) is 9.02. The average Bonchev–Trinajstić information content (AvgIpc) is 2.90. The van der Waals surface area contributed by atoms with Crippen LogP contribution in [-0.2, 0) is 13.0 Å². The van der Waals surface area contributed by atoms with Gasteiger partial charge in [-0.2, -0.15) is 0 Å². The molecule has 0 fully saturated rings. The summed E-state index contributed by atoms with van der Waals surface area (Å²) < 4.78 is 8.00. The van der Waals surface area contributed by atoms with Crippen molar-refractivity contribution >= 4 is 10.9 Å². The minimum absolute atomic E-state index is 0.240. The number of nitrogens with zero attached hydrogens (tertiary/aromatic N) is 1. The number of methoxy groups -OCH3 is 1. The number of nitrogens with two attached hydrogens (primary N) is 1. The second kappa shape index (κ2) is 7.32. The van der Waals surface area contributed by atoms with Crippen molar-refractivity contribution in [3.63, 3.8) is 0 Å². The Hall–Kier alpha value is -2.26. The van der Waals surface area contributed by atoms with Gasteiger partial charge in [-0.05, 0) is 57.0 Å². The Kier molecular flexibility index (Phi) is 5.14. The van der Waals surface area contributed by atoms with Crippen molar-refractivity contribution in [2.24, 2.45) is 5.73 Å². The summed E-state index contributed by atoms with van der Waals surface area (Å²) >= 11 is 0. The highest BCUT2D eigenvalue weighted by Gasteiger charge is 2.20. The van der Waals surface area contributed by atoms with Crippen molar-refractivity contribution < 1.29 is 4.74 Å². The molecule has 0 bridgehead atoms. The molecule has 0 radical (unpaired) electrons. The Morgan fingerprint density at radius 1 is 1.12 bits per heavy atom. The van der Waals surface area contributed by atoms with Crippen LogP contribution < -0.4 is 10.5 Å². The third-order valence-electron chi connectivity index (χ3n) is 5.24.